The normalized spacial score (nSPS) is 23.4. The molecule has 0 aromatic carbocycles. The highest BCUT2D eigenvalue weighted by Gasteiger charge is 2.42. The minimum absolute atomic E-state index is 0.129. The Balaban J connectivity index is 1.86. The molecular formula is C18H35N3O2S. The van der Waals surface area contributed by atoms with Gasteiger partial charge in [0, 0.05) is 43.5 Å². The van der Waals surface area contributed by atoms with Crippen LogP contribution in [-0.4, -0.2) is 90.8 Å². The Bertz CT molecular complexity index is 400. The van der Waals surface area contributed by atoms with Crippen molar-refractivity contribution in [1.29, 1.82) is 0 Å². The van der Waals surface area contributed by atoms with E-state index < -0.39 is 0 Å². The molecule has 0 saturated carbocycles. The first-order valence-corrected chi connectivity index (χ1v) is 10.7. The number of likely N-dealkylation sites (tertiary alicyclic amines) is 1. The van der Waals surface area contributed by atoms with Crippen LogP contribution in [0.4, 0.5) is 4.79 Å². The van der Waals surface area contributed by atoms with Gasteiger partial charge in [-0.1, -0.05) is 13.8 Å². The molecule has 0 unspecified atom stereocenters. The first-order chi connectivity index (χ1) is 11.5. The molecule has 2 saturated heterocycles. The summed E-state index contributed by atoms with van der Waals surface area (Å²) in [5.41, 5.74) is 0.238. The van der Waals surface area contributed by atoms with E-state index in [1.165, 1.54) is 19.5 Å². The molecule has 0 aromatic rings. The first-order valence-electron chi connectivity index (χ1n) is 9.39. The van der Waals surface area contributed by atoms with Gasteiger partial charge in [-0.15, -0.1) is 0 Å². The van der Waals surface area contributed by atoms with E-state index in [0.29, 0.717) is 6.61 Å². The van der Waals surface area contributed by atoms with Gasteiger partial charge in [-0.2, -0.15) is 11.8 Å². The maximum absolute atomic E-state index is 12.1. The van der Waals surface area contributed by atoms with E-state index in [2.05, 4.69) is 30.0 Å². The third-order valence-electron chi connectivity index (χ3n) is 5.72. The van der Waals surface area contributed by atoms with Crippen molar-refractivity contribution in [2.45, 2.75) is 50.3 Å². The molecule has 2 aliphatic rings. The summed E-state index contributed by atoms with van der Waals surface area (Å²) in [6.07, 6.45) is 6.32. The first kappa shape index (κ1) is 19.9. The van der Waals surface area contributed by atoms with E-state index in [-0.39, 0.29) is 11.6 Å². The lowest BCUT2D eigenvalue weighted by atomic mass is 9.83. The molecule has 0 aromatic heterocycles. The fraction of sp³-hybridized carbons (Fsp3) is 0.944. The highest BCUT2D eigenvalue weighted by atomic mass is 32.2. The van der Waals surface area contributed by atoms with Gasteiger partial charge >= 0.3 is 6.09 Å². The van der Waals surface area contributed by atoms with Crippen molar-refractivity contribution in [3.8, 4) is 0 Å². The molecule has 0 bridgehead atoms. The number of carbonyl (C=O) groups is 1. The smallest absolute Gasteiger partial charge is 0.409 e. The fourth-order valence-corrected chi connectivity index (χ4v) is 4.08. The number of piperazine rings is 1. The molecule has 2 aliphatic heterocycles. The summed E-state index contributed by atoms with van der Waals surface area (Å²) < 4.78 is 5.29. The second kappa shape index (κ2) is 9.30. The van der Waals surface area contributed by atoms with Crippen LogP contribution in [0.5, 0.6) is 0 Å². The van der Waals surface area contributed by atoms with Gasteiger partial charge < -0.3 is 14.5 Å². The Labute approximate surface area is 152 Å². The summed E-state index contributed by atoms with van der Waals surface area (Å²) in [7, 11) is 2.26. The topological polar surface area (TPSA) is 36.0 Å². The Hall–Kier alpha value is -0.460. The van der Waals surface area contributed by atoms with Crippen molar-refractivity contribution in [2.75, 3.05) is 59.2 Å². The average Bonchev–Trinajstić information content (AvgIpc) is 2.61. The zero-order valence-corrected chi connectivity index (χ0v) is 16.7. The second-order valence-corrected chi connectivity index (χ2v) is 8.63. The van der Waals surface area contributed by atoms with Gasteiger partial charge in [0.25, 0.3) is 0 Å². The van der Waals surface area contributed by atoms with Gasteiger partial charge in [-0.05, 0) is 45.5 Å². The maximum Gasteiger partial charge on any atom is 0.409 e. The molecule has 2 fully saturated rings. The lowest BCUT2D eigenvalue weighted by Gasteiger charge is -2.53. The van der Waals surface area contributed by atoms with E-state index in [1.54, 1.807) is 0 Å². The molecule has 0 aliphatic carbocycles. The number of nitrogens with zero attached hydrogens (tertiary/aromatic N) is 3. The van der Waals surface area contributed by atoms with Gasteiger partial charge in [0.05, 0.1) is 6.61 Å². The van der Waals surface area contributed by atoms with Crippen molar-refractivity contribution in [3.05, 3.63) is 0 Å². The highest BCUT2D eigenvalue weighted by molar-refractivity contribution is 7.99. The standard InChI is InChI=1S/C18H35N3O2S/c1-5-14-23-17(22)21-10-7-18(8-11-21)15-20(13-12-19(18)3)9-6-16(2)24-4/h16H,5-15H2,1-4H3/t16-/m0/s1. The molecule has 24 heavy (non-hydrogen) atoms. The minimum atomic E-state index is -0.129. The van der Waals surface area contributed by atoms with Gasteiger partial charge in [0.15, 0.2) is 0 Å². The van der Waals surface area contributed by atoms with Crippen LogP contribution in [-0.2, 0) is 4.74 Å². The van der Waals surface area contributed by atoms with Crippen LogP contribution in [0.3, 0.4) is 0 Å². The number of hydrogen-bond donors (Lipinski definition) is 0. The van der Waals surface area contributed by atoms with Crippen LogP contribution >= 0.6 is 11.8 Å². The van der Waals surface area contributed by atoms with Crippen LogP contribution in [0.15, 0.2) is 0 Å². The van der Waals surface area contributed by atoms with Gasteiger partial charge in [-0.3, -0.25) is 4.90 Å². The highest BCUT2D eigenvalue weighted by Crippen LogP contribution is 2.32. The van der Waals surface area contributed by atoms with E-state index in [0.717, 1.165) is 50.7 Å². The summed E-state index contributed by atoms with van der Waals surface area (Å²) >= 11 is 1.96. The zero-order chi connectivity index (χ0) is 17.6. The number of carbonyl (C=O) groups excluding carboxylic acids is 1. The minimum Gasteiger partial charge on any atom is -0.449 e. The number of ether oxygens (including phenoxy) is 1. The lowest BCUT2D eigenvalue weighted by Crippen LogP contribution is -2.64. The fourth-order valence-electron chi connectivity index (χ4n) is 3.74. The van der Waals surface area contributed by atoms with Crippen LogP contribution in [0.2, 0.25) is 0 Å². The summed E-state index contributed by atoms with van der Waals surface area (Å²) in [6.45, 7) is 11.2. The van der Waals surface area contributed by atoms with E-state index in [1.807, 2.05) is 23.6 Å². The predicted molar refractivity (Wildman–Crippen MR) is 102 cm³/mol. The van der Waals surface area contributed by atoms with Gasteiger partial charge in [0.1, 0.15) is 0 Å². The maximum atomic E-state index is 12.1. The van der Waals surface area contributed by atoms with Crippen molar-refractivity contribution >= 4 is 17.9 Å². The summed E-state index contributed by atoms with van der Waals surface area (Å²) in [5, 5.41) is 0.732. The second-order valence-electron chi connectivity index (χ2n) is 7.36. The largest absolute Gasteiger partial charge is 0.449 e. The molecule has 1 atom stereocenters. The number of likely N-dealkylation sites (N-methyl/N-ethyl adjacent to an activating group) is 1. The molecule has 140 valence electrons. The molecule has 1 amide bonds. The van der Waals surface area contributed by atoms with Gasteiger partial charge in [-0.25, -0.2) is 4.79 Å². The predicted octanol–water partition coefficient (Wildman–Crippen LogP) is 2.76. The molecule has 2 rings (SSSR count). The number of piperidine rings is 1. The monoisotopic (exact) mass is 357 g/mol. The number of thioether (sulfide) groups is 1. The molecule has 1 spiro atoms. The van der Waals surface area contributed by atoms with Crippen molar-refractivity contribution in [1.82, 2.24) is 14.7 Å². The van der Waals surface area contributed by atoms with Gasteiger partial charge in [0.2, 0.25) is 0 Å². The Morgan fingerprint density at radius 1 is 1.25 bits per heavy atom. The van der Waals surface area contributed by atoms with E-state index in [4.69, 9.17) is 4.74 Å². The molecule has 0 N–H and O–H groups in total. The average molecular weight is 358 g/mol. The third-order valence-corrected chi connectivity index (χ3v) is 6.76. The Kier molecular flexibility index (Phi) is 7.69. The van der Waals surface area contributed by atoms with Crippen LogP contribution in [0.1, 0.15) is 39.5 Å². The summed E-state index contributed by atoms with van der Waals surface area (Å²) in [4.78, 5) is 19.1. The molecule has 5 nitrogen and oxygen atoms in total. The number of hydrogen-bond acceptors (Lipinski definition) is 5. The lowest BCUT2D eigenvalue weighted by molar-refractivity contribution is -0.0265. The van der Waals surface area contributed by atoms with E-state index in [9.17, 15) is 4.79 Å². The van der Waals surface area contributed by atoms with Crippen molar-refractivity contribution in [3.63, 3.8) is 0 Å². The van der Waals surface area contributed by atoms with Crippen molar-refractivity contribution < 1.29 is 9.53 Å². The molecule has 2 heterocycles. The third kappa shape index (κ3) is 5.02. The molecule has 0 radical (unpaired) electrons. The van der Waals surface area contributed by atoms with Crippen LogP contribution < -0.4 is 0 Å². The zero-order valence-electron chi connectivity index (χ0n) is 15.9. The molecule has 6 heteroatoms. The van der Waals surface area contributed by atoms with E-state index >= 15 is 0 Å². The SMILES string of the molecule is CCCOC(=O)N1CCC2(CC1)CN(CC[C@H](C)SC)CCN2C. The molecular weight excluding hydrogens is 322 g/mol. The Morgan fingerprint density at radius 3 is 2.58 bits per heavy atom. The van der Waals surface area contributed by atoms with Crippen LogP contribution in [0, 0.1) is 0 Å². The quantitative estimate of drug-likeness (QED) is 0.730. The number of rotatable bonds is 6. The summed E-state index contributed by atoms with van der Waals surface area (Å²) in [6, 6.07) is 0. The number of amides is 1. The Morgan fingerprint density at radius 2 is 1.96 bits per heavy atom. The summed E-state index contributed by atoms with van der Waals surface area (Å²) in [5.74, 6) is 0. The van der Waals surface area contributed by atoms with Crippen molar-refractivity contribution in [2.24, 2.45) is 0 Å². The van der Waals surface area contributed by atoms with Crippen LogP contribution in [0.25, 0.3) is 0 Å².